The molecule has 3 rings (SSSR count). The molecule has 1 aliphatic rings. The first-order chi connectivity index (χ1) is 11.1. The van der Waals surface area contributed by atoms with E-state index in [0.717, 1.165) is 18.9 Å². The molecule has 0 atom stereocenters. The predicted octanol–water partition coefficient (Wildman–Crippen LogP) is 1.46. The number of carbonyl (C=O) groups excluding carboxylic acids is 2. The van der Waals surface area contributed by atoms with Gasteiger partial charge in [-0.15, -0.1) is 21.5 Å². The van der Waals surface area contributed by atoms with Crippen molar-refractivity contribution >= 4 is 34.8 Å². The summed E-state index contributed by atoms with van der Waals surface area (Å²) in [7, 11) is 0. The molecule has 0 bridgehead atoms. The van der Waals surface area contributed by atoms with Crippen LogP contribution in [0.25, 0.3) is 0 Å². The fourth-order valence-electron chi connectivity index (χ4n) is 2.40. The highest BCUT2D eigenvalue weighted by Crippen LogP contribution is 2.16. The van der Waals surface area contributed by atoms with Gasteiger partial charge < -0.3 is 15.1 Å². The topological polar surface area (TPSA) is 78.4 Å². The van der Waals surface area contributed by atoms with Crippen LogP contribution in [0, 0.1) is 0 Å². The molecule has 8 heteroatoms. The fraction of sp³-hybridized carbons (Fsp3) is 0.333. The van der Waals surface area contributed by atoms with Gasteiger partial charge in [0, 0.05) is 33.1 Å². The first kappa shape index (κ1) is 15.4. The third-order valence-corrected chi connectivity index (χ3v) is 4.55. The van der Waals surface area contributed by atoms with Crippen LogP contribution in [-0.4, -0.2) is 53.1 Å². The molecule has 0 aliphatic carbocycles. The molecule has 1 aliphatic heterocycles. The molecule has 7 nitrogen and oxygen atoms in total. The van der Waals surface area contributed by atoms with Gasteiger partial charge in [-0.3, -0.25) is 9.59 Å². The van der Waals surface area contributed by atoms with Crippen LogP contribution in [0.3, 0.4) is 0 Å². The van der Waals surface area contributed by atoms with E-state index >= 15 is 0 Å². The average Bonchev–Trinajstić information content (AvgIpc) is 3.10. The van der Waals surface area contributed by atoms with Crippen molar-refractivity contribution in [2.45, 2.75) is 6.92 Å². The SMILES string of the molecule is CC(=O)N1CCN(c2ccc(NC(=O)c3cccs3)nn2)CC1. The lowest BCUT2D eigenvalue weighted by molar-refractivity contribution is -0.129. The van der Waals surface area contributed by atoms with Gasteiger partial charge in [0.1, 0.15) is 0 Å². The summed E-state index contributed by atoms with van der Waals surface area (Å²) < 4.78 is 0. The Balaban J connectivity index is 1.59. The van der Waals surface area contributed by atoms with Gasteiger partial charge in [0.2, 0.25) is 5.91 Å². The second kappa shape index (κ2) is 6.74. The van der Waals surface area contributed by atoms with Crippen molar-refractivity contribution < 1.29 is 9.59 Å². The normalized spacial score (nSPS) is 14.7. The van der Waals surface area contributed by atoms with Crippen LogP contribution in [0.5, 0.6) is 0 Å². The van der Waals surface area contributed by atoms with Crippen molar-refractivity contribution in [2.24, 2.45) is 0 Å². The van der Waals surface area contributed by atoms with Gasteiger partial charge in [-0.2, -0.15) is 0 Å². The second-order valence-electron chi connectivity index (χ2n) is 5.20. The molecule has 23 heavy (non-hydrogen) atoms. The molecular formula is C15H17N5O2S. The average molecular weight is 331 g/mol. The molecule has 2 aromatic rings. The summed E-state index contributed by atoms with van der Waals surface area (Å²) in [4.78, 5) is 27.8. The van der Waals surface area contributed by atoms with Gasteiger partial charge in [-0.1, -0.05) is 6.07 Å². The van der Waals surface area contributed by atoms with E-state index in [9.17, 15) is 9.59 Å². The van der Waals surface area contributed by atoms with E-state index in [1.807, 2.05) is 22.4 Å². The maximum absolute atomic E-state index is 11.9. The molecule has 1 saturated heterocycles. The molecule has 0 spiro atoms. The van der Waals surface area contributed by atoms with Crippen LogP contribution in [0.4, 0.5) is 11.6 Å². The van der Waals surface area contributed by atoms with E-state index in [2.05, 4.69) is 20.4 Å². The zero-order valence-electron chi connectivity index (χ0n) is 12.7. The van der Waals surface area contributed by atoms with Gasteiger partial charge >= 0.3 is 0 Å². The highest BCUT2D eigenvalue weighted by molar-refractivity contribution is 7.12. The molecule has 0 saturated carbocycles. The minimum absolute atomic E-state index is 0.0994. The summed E-state index contributed by atoms with van der Waals surface area (Å²) in [6.45, 7) is 4.42. The number of thiophene rings is 1. The Labute approximate surface area is 137 Å². The fourth-order valence-corrected chi connectivity index (χ4v) is 3.02. The number of aromatic nitrogens is 2. The Kier molecular flexibility index (Phi) is 4.52. The number of anilines is 2. The molecule has 1 fully saturated rings. The lowest BCUT2D eigenvalue weighted by Gasteiger charge is -2.34. The predicted molar refractivity (Wildman–Crippen MR) is 88.8 cm³/mol. The Morgan fingerprint density at radius 3 is 2.48 bits per heavy atom. The molecule has 2 amide bonds. The van der Waals surface area contributed by atoms with Crippen LogP contribution >= 0.6 is 11.3 Å². The Morgan fingerprint density at radius 1 is 1.13 bits per heavy atom. The minimum Gasteiger partial charge on any atom is -0.352 e. The molecule has 0 aromatic carbocycles. The van der Waals surface area contributed by atoms with E-state index in [1.165, 1.54) is 11.3 Å². The first-order valence-electron chi connectivity index (χ1n) is 7.32. The Bertz CT molecular complexity index is 678. The van der Waals surface area contributed by atoms with Gasteiger partial charge in [-0.05, 0) is 23.6 Å². The Hall–Kier alpha value is -2.48. The summed E-state index contributed by atoms with van der Waals surface area (Å²) >= 11 is 1.38. The van der Waals surface area contributed by atoms with E-state index in [4.69, 9.17) is 0 Å². The largest absolute Gasteiger partial charge is 0.352 e. The Morgan fingerprint density at radius 2 is 1.91 bits per heavy atom. The smallest absolute Gasteiger partial charge is 0.266 e. The van der Waals surface area contributed by atoms with Crippen molar-refractivity contribution in [3.8, 4) is 0 Å². The summed E-state index contributed by atoms with van der Waals surface area (Å²) in [5.74, 6) is 1.09. The van der Waals surface area contributed by atoms with Gasteiger partial charge in [0.15, 0.2) is 11.6 Å². The standard InChI is InChI=1S/C15H17N5O2S/c1-11(21)19-6-8-20(9-7-19)14-5-4-13(17-18-14)16-15(22)12-3-2-10-23-12/h2-5,10H,6-9H2,1H3,(H,16,17,22). The number of nitrogens with zero attached hydrogens (tertiary/aromatic N) is 4. The summed E-state index contributed by atoms with van der Waals surface area (Å²) in [6.07, 6.45) is 0. The lowest BCUT2D eigenvalue weighted by atomic mass is 10.3. The van der Waals surface area contributed by atoms with Crippen molar-refractivity contribution in [1.29, 1.82) is 0 Å². The molecule has 0 unspecified atom stereocenters. The van der Waals surface area contributed by atoms with Crippen LogP contribution < -0.4 is 10.2 Å². The number of hydrogen-bond donors (Lipinski definition) is 1. The number of rotatable bonds is 3. The highest BCUT2D eigenvalue weighted by Gasteiger charge is 2.19. The molecule has 3 heterocycles. The van der Waals surface area contributed by atoms with E-state index in [0.29, 0.717) is 23.8 Å². The number of amides is 2. The first-order valence-corrected chi connectivity index (χ1v) is 8.20. The lowest BCUT2D eigenvalue weighted by Crippen LogP contribution is -2.48. The van der Waals surface area contributed by atoms with Crippen molar-refractivity contribution in [2.75, 3.05) is 36.4 Å². The van der Waals surface area contributed by atoms with Crippen molar-refractivity contribution in [3.63, 3.8) is 0 Å². The van der Waals surface area contributed by atoms with Crippen molar-refractivity contribution in [3.05, 3.63) is 34.5 Å². The number of nitrogens with one attached hydrogen (secondary N) is 1. The van der Waals surface area contributed by atoms with Crippen molar-refractivity contribution in [1.82, 2.24) is 15.1 Å². The molecule has 0 radical (unpaired) electrons. The third-order valence-electron chi connectivity index (χ3n) is 3.69. The zero-order chi connectivity index (χ0) is 16.2. The molecule has 120 valence electrons. The van der Waals surface area contributed by atoms with E-state index < -0.39 is 0 Å². The quantitative estimate of drug-likeness (QED) is 0.921. The third kappa shape index (κ3) is 3.65. The molecule has 1 N–H and O–H groups in total. The van der Waals surface area contributed by atoms with Crippen LogP contribution in [-0.2, 0) is 4.79 Å². The molecule has 2 aromatic heterocycles. The van der Waals surface area contributed by atoms with Gasteiger partial charge in [0.25, 0.3) is 5.91 Å². The zero-order valence-corrected chi connectivity index (χ0v) is 13.5. The maximum atomic E-state index is 11.9. The monoisotopic (exact) mass is 331 g/mol. The van der Waals surface area contributed by atoms with Gasteiger partial charge in [-0.25, -0.2) is 0 Å². The van der Waals surface area contributed by atoms with Gasteiger partial charge in [0.05, 0.1) is 4.88 Å². The van der Waals surface area contributed by atoms with Crippen LogP contribution in [0.1, 0.15) is 16.6 Å². The number of carbonyl (C=O) groups is 2. The minimum atomic E-state index is -0.183. The molecular weight excluding hydrogens is 314 g/mol. The summed E-state index contributed by atoms with van der Waals surface area (Å²) in [5, 5.41) is 12.8. The highest BCUT2D eigenvalue weighted by atomic mass is 32.1. The van der Waals surface area contributed by atoms with Crippen LogP contribution in [0.15, 0.2) is 29.6 Å². The summed E-state index contributed by atoms with van der Waals surface area (Å²) in [5.41, 5.74) is 0. The van der Waals surface area contributed by atoms with E-state index in [-0.39, 0.29) is 11.8 Å². The number of piperazine rings is 1. The van der Waals surface area contributed by atoms with E-state index in [1.54, 1.807) is 19.1 Å². The maximum Gasteiger partial charge on any atom is 0.266 e. The van der Waals surface area contributed by atoms with Crippen LogP contribution in [0.2, 0.25) is 0 Å². The number of hydrogen-bond acceptors (Lipinski definition) is 6. The second-order valence-corrected chi connectivity index (χ2v) is 6.15. The summed E-state index contributed by atoms with van der Waals surface area (Å²) in [6, 6.07) is 7.16.